The van der Waals surface area contributed by atoms with E-state index in [1.54, 1.807) is 22.1 Å². The van der Waals surface area contributed by atoms with Gasteiger partial charge < -0.3 is 10.2 Å². The molecule has 0 bridgehead atoms. The summed E-state index contributed by atoms with van der Waals surface area (Å²) in [6.45, 7) is 8.71. The molecule has 8 nitrogen and oxygen atoms in total. The number of hydrogen-bond donors (Lipinski definition) is 1. The first-order valence-corrected chi connectivity index (χ1v) is 11.9. The van der Waals surface area contributed by atoms with Crippen LogP contribution in [-0.4, -0.2) is 37.0 Å². The fourth-order valence-electron chi connectivity index (χ4n) is 4.68. The van der Waals surface area contributed by atoms with Gasteiger partial charge in [0.25, 0.3) is 5.91 Å². The van der Waals surface area contributed by atoms with Crippen LogP contribution < -0.4 is 10.2 Å². The number of benzene rings is 2. The average molecular weight is 476 g/mol. The van der Waals surface area contributed by atoms with Crippen molar-refractivity contribution in [2.75, 3.05) is 16.8 Å². The Morgan fingerprint density at radius 2 is 1.94 bits per heavy atom. The lowest BCUT2D eigenvalue weighted by Crippen LogP contribution is -2.24. The Labute approximate surface area is 208 Å². The second-order valence-corrected chi connectivity index (χ2v) is 9.31. The van der Waals surface area contributed by atoms with Gasteiger partial charge in [0.15, 0.2) is 5.65 Å². The van der Waals surface area contributed by atoms with Crippen LogP contribution in [0.2, 0.25) is 0 Å². The molecule has 0 aliphatic carbocycles. The highest BCUT2D eigenvalue weighted by molar-refractivity contribution is 6.09. The van der Waals surface area contributed by atoms with E-state index in [4.69, 9.17) is 0 Å². The van der Waals surface area contributed by atoms with Crippen LogP contribution in [0.1, 0.15) is 23.6 Å². The van der Waals surface area contributed by atoms with Crippen LogP contribution in [0.3, 0.4) is 0 Å². The maximum Gasteiger partial charge on any atom is 0.253 e. The third-order valence-corrected chi connectivity index (χ3v) is 6.85. The van der Waals surface area contributed by atoms with Crippen LogP contribution in [0.5, 0.6) is 0 Å². The largest absolute Gasteiger partial charge is 0.340 e. The van der Waals surface area contributed by atoms with Crippen molar-refractivity contribution in [2.45, 2.75) is 20.3 Å². The fourth-order valence-corrected chi connectivity index (χ4v) is 4.68. The molecule has 8 heteroatoms. The number of aryl methyl sites for hydroxylation is 1. The zero-order valence-electron chi connectivity index (χ0n) is 20.1. The van der Waals surface area contributed by atoms with Crippen LogP contribution in [0.4, 0.5) is 17.2 Å². The maximum atomic E-state index is 12.7. The van der Waals surface area contributed by atoms with Crippen LogP contribution >= 0.6 is 0 Å². The summed E-state index contributed by atoms with van der Waals surface area (Å²) in [5.41, 5.74) is 7.66. The average Bonchev–Trinajstić information content (AvgIpc) is 3.45. The van der Waals surface area contributed by atoms with Gasteiger partial charge in [-0.15, -0.1) is 0 Å². The number of anilines is 3. The van der Waals surface area contributed by atoms with Gasteiger partial charge in [-0.2, -0.15) is 5.10 Å². The molecule has 0 saturated carbocycles. The van der Waals surface area contributed by atoms with Crippen molar-refractivity contribution in [1.82, 2.24) is 24.6 Å². The summed E-state index contributed by atoms with van der Waals surface area (Å²) in [5.74, 6) is 0.810. The summed E-state index contributed by atoms with van der Waals surface area (Å²) in [4.78, 5) is 27.6. The van der Waals surface area contributed by atoms with Crippen molar-refractivity contribution in [3.63, 3.8) is 0 Å². The minimum atomic E-state index is -0.0254. The lowest BCUT2D eigenvalue weighted by Gasteiger charge is -2.17. The second-order valence-electron chi connectivity index (χ2n) is 9.31. The lowest BCUT2D eigenvalue weighted by atomic mass is 10.0. The predicted molar refractivity (Wildman–Crippen MR) is 140 cm³/mol. The molecule has 4 heterocycles. The highest BCUT2D eigenvalue weighted by Crippen LogP contribution is 2.32. The molecule has 5 aromatic rings. The van der Waals surface area contributed by atoms with E-state index in [1.165, 1.54) is 16.7 Å². The summed E-state index contributed by atoms with van der Waals surface area (Å²) in [5, 5.41) is 8.47. The number of amides is 1. The molecule has 1 fully saturated rings. The van der Waals surface area contributed by atoms with Crippen molar-refractivity contribution in [2.24, 2.45) is 5.92 Å². The topological polar surface area (TPSA) is 88.3 Å². The molecule has 1 amide bonds. The third-order valence-electron chi connectivity index (χ3n) is 6.85. The van der Waals surface area contributed by atoms with Crippen LogP contribution in [0.15, 0.2) is 79.5 Å². The second kappa shape index (κ2) is 8.57. The number of hydrogen-bond acceptors (Lipinski definition) is 6. The number of nitrogens with one attached hydrogen (secondary N) is 1. The van der Waals surface area contributed by atoms with E-state index in [0.717, 1.165) is 34.3 Å². The molecule has 0 spiro atoms. The number of fused-ring (bicyclic) bond motifs is 2. The summed E-state index contributed by atoms with van der Waals surface area (Å²) < 4.78 is 1.76. The van der Waals surface area contributed by atoms with Gasteiger partial charge in [-0.05, 0) is 72.5 Å². The third kappa shape index (κ3) is 3.86. The van der Waals surface area contributed by atoms with E-state index in [1.807, 2.05) is 31.3 Å². The lowest BCUT2D eigenvalue weighted by molar-refractivity contribution is -0.114. The van der Waals surface area contributed by atoms with E-state index >= 15 is 0 Å². The Hall–Kier alpha value is -4.59. The van der Waals surface area contributed by atoms with E-state index in [0.29, 0.717) is 17.9 Å². The van der Waals surface area contributed by atoms with Gasteiger partial charge in [-0.1, -0.05) is 19.6 Å². The number of nitrogens with zero attached hydrogens (tertiary/aromatic N) is 6. The van der Waals surface area contributed by atoms with Crippen LogP contribution in [0.25, 0.3) is 16.6 Å². The standard InChI is InChI=1S/C28H25N7O/c1-17-10-22(5-4-21(17)11-20-8-9-35-26(12-20)30-16-32-35)33-27-24-13-23(6-7-25(24)29-15-31-27)34-14-18(2)19(3)28(34)36/h4-10,12-13,15-16,18H,3,11,14H2,1-2H3,(H,29,31,33)/t18-/m1/s1. The fraction of sp³-hybridized carbons (Fsp3) is 0.179. The van der Waals surface area contributed by atoms with Crippen LogP contribution in [-0.2, 0) is 11.2 Å². The van der Waals surface area contributed by atoms with E-state index in [-0.39, 0.29) is 11.8 Å². The van der Waals surface area contributed by atoms with Gasteiger partial charge in [-0.25, -0.2) is 19.5 Å². The molecule has 2 aromatic carbocycles. The van der Waals surface area contributed by atoms with Gasteiger partial charge in [0.1, 0.15) is 18.5 Å². The first kappa shape index (κ1) is 21.9. The van der Waals surface area contributed by atoms with Crippen molar-refractivity contribution in [3.05, 3.63) is 96.2 Å². The minimum Gasteiger partial charge on any atom is -0.340 e. The van der Waals surface area contributed by atoms with Gasteiger partial charge in [0.2, 0.25) is 0 Å². The Morgan fingerprint density at radius 3 is 2.75 bits per heavy atom. The number of pyridine rings is 1. The first-order chi connectivity index (χ1) is 17.5. The van der Waals surface area contributed by atoms with Crippen molar-refractivity contribution in [3.8, 4) is 0 Å². The highest BCUT2D eigenvalue weighted by Gasteiger charge is 2.31. The first-order valence-electron chi connectivity index (χ1n) is 11.9. The number of aromatic nitrogens is 5. The Balaban J connectivity index is 1.27. The molecule has 1 N–H and O–H groups in total. The summed E-state index contributed by atoms with van der Waals surface area (Å²) in [6, 6.07) is 16.3. The van der Waals surface area contributed by atoms with Gasteiger partial charge >= 0.3 is 0 Å². The smallest absolute Gasteiger partial charge is 0.253 e. The van der Waals surface area contributed by atoms with Gasteiger partial charge in [0, 0.05) is 41.0 Å². The highest BCUT2D eigenvalue weighted by atomic mass is 16.2. The normalized spacial score (nSPS) is 15.8. The van der Waals surface area contributed by atoms with E-state index in [9.17, 15) is 4.79 Å². The molecule has 1 saturated heterocycles. The zero-order valence-corrected chi connectivity index (χ0v) is 20.1. The molecule has 3 aromatic heterocycles. The molecular formula is C28H25N7O. The molecule has 1 aliphatic rings. The molecule has 0 unspecified atom stereocenters. The summed E-state index contributed by atoms with van der Waals surface area (Å²) in [6.07, 6.45) is 5.86. The molecule has 0 radical (unpaired) electrons. The Morgan fingerprint density at radius 1 is 1.06 bits per heavy atom. The van der Waals surface area contributed by atoms with Crippen LogP contribution in [0, 0.1) is 12.8 Å². The summed E-state index contributed by atoms with van der Waals surface area (Å²) in [7, 11) is 0. The SMILES string of the molecule is C=C1C(=O)N(c2ccc3ncnc(Nc4ccc(Cc5ccn6ncnc6c5)c(C)c4)c3c2)C[C@H]1C. The minimum absolute atomic E-state index is 0.0254. The number of carbonyl (C=O) groups excluding carboxylic acids is 1. The molecule has 6 rings (SSSR count). The van der Waals surface area contributed by atoms with E-state index < -0.39 is 0 Å². The van der Waals surface area contributed by atoms with Crippen molar-refractivity contribution in [1.29, 1.82) is 0 Å². The quantitative estimate of drug-likeness (QED) is 0.366. The van der Waals surface area contributed by atoms with E-state index in [2.05, 4.69) is 69.2 Å². The summed E-state index contributed by atoms with van der Waals surface area (Å²) >= 11 is 0. The van der Waals surface area contributed by atoms with Gasteiger partial charge in [0.05, 0.1) is 5.52 Å². The molecular weight excluding hydrogens is 450 g/mol. The number of carbonyl (C=O) groups is 1. The molecule has 1 aliphatic heterocycles. The maximum absolute atomic E-state index is 12.7. The molecule has 36 heavy (non-hydrogen) atoms. The van der Waals surface area contributed by atoms with Crippen molar-refractivity contribution < 1.29 is 4.79 Å². The monoisotopic (exact) mass is 475 g/mol. The molecule has 178 valence electrons. The van der Waals surface area contributed by atoms with Crippen molar-refractivity contribution >= 4 is 39.6 Å². The van der Waals surface area contributed by atoms with Gasteiger partial charge in [-0.3, -0.25) is 4.79 Å². The predicted octanol–water partition coefficient (Wildman–Crippen LogP) is 4.85. The molecule has 1 atom stereocenters. The Bertz CT molecular complexity index is 1650. The zero-order chi connectivity index (χ0) is 24.8. The Kier molecular flexibility index (Phi) is 5.21. The number of rotatable bonds is 5.